The predicted molar refractivity (Wildman–Crippen MR) is 81.2 cm³/mol. The van der Waals surface area contributed by atoms with Crippen LogP contribution >= 0.6 is 12.2 Å². The predicted octanol–water partition coefficient (Wildman–Crippen LogP) is 3.77. The van der Waals surface area contributed by atoms with Gasteiger partial charge in [-0.15, -0.1) is 0 Å². The van der Waals surface area contributed by atoms with Gasteiger partial charge in [0.25, 0.3) is 0 Å². The number of thiocarbonyl (C=S) groups is 1. The SMILES string of the molecule is Cc1cccc(OCCCC(C)(C)C(N)=S)c1C. The molecule has 0 fully saturated rings. The maximum atomic E-state index is 5.81. The summed E-state index contributed by atoms with van der Waals surface area (Å²) in [5, 5.41) is 0. The Morgan fingerprint density at radius 2 is 2.00 bits per heavy atom. The van der Waals surface area contributed by atoms with Gasteiger partial charge in [0.15, 0.2) is 0 Å². The summed E-state index contributed by atoms with van der Waals surface area (Å²) < 4.78 is 5.81. The van der Waals surface area contributed by atoms with E-state index in [1.807, 2.05) is 12.1 Å². The Bertz CT molecular complexity index is 427. The molecule has 100 valence electrons. The number of aryl methyl sites for hydroxylation is 1. The van der Waals surface area contributed by atoms with E-state index in [0.717, 1.165) is 18.6 Å². The highest BCUT2D eigenvalue weighted by Crippen LogP contribution is 2.24. The third-order valence-corrected chi connectivity index (χ3v) is 3.98. The van der Waals surface area contributed by atoms with Crippen molar-refractivity contribution < 1.29 is 4.74 Å². The molecule has 0 heterocycles. The molecule has 18 heavy (non-hydrogen) atoms. The minimum absolute atomic E-state index is 0.0830. The van der Waals surface area contributed by atoms with Crippen molar-refractivity contribution in [3.63, 3.8) is 0 Å². The molecule has 0 unspecified atom stereocenters. The number of ether oxygens (including phenoxy) is 1. The summed E-state index contributed by atoms with van der Waals surface area (Å²) in [6.45, 7) is 9.04. The summed E-state index contributed by atoms with van der Waals surface area (Å²) in [6, 6.07) is 6.13. The van der Waals surface area contributed by atoms with Gasteiger partial charge in [-0.05, 0) is 43.9 Å². The number of rotatable bonds is 6. The second kappa shape index (κ2) is 6.19. The lowest BCUT2D eigenvalue weighted by Gasteiger charge is -2.22. The second-order valence-corrected chi connectivity index (χ2v) is 5.84. The molecule has 0 saturated carbocycles. The Kier molecular flexibility index (Phi) is 5.15. The van der Waals surface area contributed by atoms with Gasteiger partial charge >= 0.3 is 0 Å². The van der Waals surface area contributed by atoms with Gasteiger partial charge in [-0.3, -0.25) is 0 Å². The lowest BCUT2D eigenvalue weighted by molar-refractivity contribution is 0.286. The Labute approximate surface area is 116 Å². The first-order valence-corrected chi connectivity index (χ1v) is 6.74. The van der Waals surface area contributed by atoms with Crippen LogP contribution in [0.2, 0.25) is 0 Å². The van der Waals surface area contributed by atoms with Crippen LogP contribution in [0.5, 0.6) is 5.75 Å². The molecule has 3 heteroatoms. The van der Waals surface area contributed by atoms with E-state index in [0.29, 0.717) is 11.6 Å². The van der Waals surface area contributed by atoms with Crippen LogP contribution in [0.1, 0.15) is 37.8 Å². The van der Waals surface area contributed by atoms with Crippen molar-refractivity contribution >= 4 is 17.2 Å². The largest absolute Gasteiger partial charge is 0.493 e. The van der Waals surface area contributed by atoms with E-state index in [-0.39, 0.29) is 5.41 Å². The molecular weight excluding hydrogens is 242 g/mol. The molecule has 0 aliphatic rings. The molecule has 0 bridgehead atoms. The molecule has 0 atom stereocenters. The first-order valence-electron chi connectivity index (χ1n) is 6.33. The van der Waals surface area contributed by atoms with Crippen molar-refractivity contribution in [3.8, 4) is 5.75 Å². The van der Waals surface area contributed by atoms with Gasteiger partial charge < -0.3 is 10.5 Å². The Morgan fingerprint density at radius 3 is 2.61 bits per heavy atom. The van der Waals surface area contributed by atoms with Gasteiger partial charge in [0.1, 0.15) is 5.75 Å². The normalized spacial score (nSPS) is 11.3. The molecule has 0 aromatic heterocycles. The van der Waals surface area contributed by atoms with Crippen molar-refractivity contribution in [2.75, 3.05) is 6.61 Å². The molecule has 0 radical (unpaired) electrons. The smallest absolute Gasteiger partial charge is 0.122 e. The van der Waals surface area contributed by atoms with E-state index in [4.69, 9.17) is 22.7 Å². The van der Waals surface area contributed by atoms with Gasteiger partial charge in [0, 0.05) is 5.41 Å². The maximum Gasteiger partial charge on any atom is 0.122 e. The van der Waals surface area contributed by atoms with Crippen LogP contribution in [-0.4, -0.2) is 11.6 Å². The molecule has 2 nitrogen and oxygen atoms in total. The first-order chi connectivity index (χ1) is 8.34. The highest BCUT2D eigenvalue weighted by Gasteiger charge is 2.20. The molecule has 1 aromatic rings. The standard InChI is InChI=1S/C15H23NOS/c1-11-7-5-8-13(12(11)2)17-10-6-9-15(3,4)14(16)18/h5,7-8H,6,9-10H2,1-4H3,(H2,16,18). The zero-order valence-corrected chi connectivity index (χ0v) is 12.6. The van der Waals surface area contributed by atoms with Crippen molar-refractivity contribution in [3.05, 3.63) is 29.3 Å². The second-order valence-electron chi connectivity index (χ2n) is 5.40. The number of hydrogen-bond donors (Lipinski definition) is 1. The van der Waals surface area contributed by atoms with E-state index in [1.165, 1.54) is 11.1 Å². The third-order valence-electron chi connectivity index (χ3n) is 3.43. The summed E-state index contributed by atoms with van der Waals surface area (Å²) in [4.78, 5) is 0.578. The van der Waals surface area contributed by atoms with Crippen molar-refractivity contribution in [2.45, 2.75) is 40.5 Å². The molecule has 0 aliphatic heterocycles. The molecule has 0 saturated heterocycles. The van der Waals surface area contributed by atoms with E-state index in [9.17, 15) is 0 Å². The van der Waals surface area contributed by atoms with Crippen LogP contribution in [0.4, 0.5) is 0 Å². The van der Waals surface area contributed by atoms with Crippen molar-refractivity contribution in [1.29, 1.82) is 0 Å². The number of nitrogens with two attached hydrogens (primary N) is 1. The summed E-state index contributed by atoms with van der Waals surface area (Å²) in [6.07, 6.45) is 1.91. The minimum atomic E-state index is -0.0830. The fraction of sp³-hybridized carbons (Fsp3) is 0.533. The van der Waals surface area contributed by atoms with E-state index in [1.54, 1.807) is 0 Å². The monoisotopic (exact) mass is 265 g/mol. The Balaban J connectivity index is 2.43. The summed E-state index contributed by atoms with van der Waals surface area (Å²) >= 11 is 5.05. The zero-order chi connectivity index (χ0) is 13.8. The average molecular weight is 265 g/mol. The topological polar surface area (TPSA) is 35.2 Å². The van der Waals surface area contributed by atoms with Crippen LogP contribution in [0.15, 0.2) is 18.2 Å². The van der Waals surface area contributed by atoms with Gasteiger partial charge in [0.2, 0.25) is 0 Å². The molecule has 1 rings (SSSR count). The average Bonchev–Trinajstić information content (AvgIpc) is 2.29. The Morgan fingerprint density at radius 1 is 1.33 bits per heavy atom. The van der Waals surface area contributed by atoms with E-state index < -0.39 is 0 Å². The van der Waals surface area contributed by atoms with Crippen LogP contribution in [0.3, 0.4) is 0 Å². The fourth-order valence-corrected chi connectivity index (χ4v) is 1.80. The number of benzene rings is 1. The zero-order valence-electron chi connectivity index (χ0n) is 11.7. The highest BCUT2D eigenvalue weighted by atomic mass is 32.1. The highest BCUT2D eigenvalue weighted by molar-refractivity contribution is 7.80. The quantitative estimate of drug-likeness (QED) is 0.628. The van der Waals surface area contributed by atoms with Crippen LogP contribution in [0.25, 0.3) is 0 Å². The van der Waals surface area contributed by atoms with Gasteiger partial charge in [-0.1, -0.05) is 38.2 Å². The van der Waals surface area contributed by atoms with E-state index >= 15 is 0 Å². The van der Waals surface area contributed by atoms with Crippen LogP contribution < -0.4 is 10.5 Å². The molecule has 1 aromatic carbocycles. The summed E-state index contributed by atoms with van der Waals surface area (Å²) in [5.74, 6) is 0.975. The lowest BCUT2D eigenvalue weighted by Crippen LogP contribution is -2.30. The van der Waals surface area contributed by atoms with Gasteiger partial charge in [-0.25, -0.2) is 0 Å². The third kappa shape index (κ3) is 3.98. The molecule has 0 aliphatic carbocycles. The van der Waals surface area contributed by atoms with Crippen molar-refractivity contribution in [1.82, 2.24) is 0 Å². The van der Waals surface area contributed by atoms with Crippen LogP contribution in [-0.2, 0) is 0 Å². The lowest BCUT2D eigenvalue weighted by atomic mass is 9.88. The first kappa shape index (κ1) is 15.0. The summed E-state index contributed by atoms with van der Waals surface area (Å²) in [5.41, 5.74) is 8.09. The maximum absolute atomic E-state index is 5.81. The minimum Gasteiger partial charge on any atom is -0.493 e. The van der Waals surface area contributed by atoms with E-state index in [2.05, 4.69) is 33.8 Å². The molecule has 0 amide bonds. The molecule has 0 spiro atoms. The Hall–Kier alpha value is -1.09. The van der Waals surface area contributed by atoms with Crippen molar-refractivity contribution in [2.24, 2.45) is 11.1 Å². The molecular formula is C15H23NOS. The summed E-state index contributed by atoms with van der Waals surface area (Å²) in [7, 11) is 0. The van der Waals surface area contributed by atoms with Gasteiger partial charge in [-0.2, -0.15) is 0 Å². The van der Waals surface area contributed by atoms with Gasteiger partial charge in [0.05, 0.1) is 11.6 Å². The number of hydrogen-bond acceptors (Lipinski definition) is 2. The molecule has 2 N–H and O–H groups in total. The fourth-order valence-electron chi connectivity index (χ4n) is 1.70. The van der Waals surface area contributed by atoms with Crippen LogP contribution in [0, 0.1) is 19.3 Å².